The Bertz CT molecular complexity index is 1170. The SMILES string of the molecule is COC(=O)c1n[nH]c2ccc(NS(=O)(=O)c3cc([N+](=O)[O-])ccc3C)cc12. The van der Waals surface area contributed by atoms with Crippen LogP contribution < -0.4 is 4.72 Å². The van der Waals surface area contributed by atoms with Crippen LogP contribution in [0, 0.1) is 17.0 Å². The molecule has 0 saturated carbocycles. The molecule has 0 spiro atoms. The molecule has 0 unspecified atom stereocenters. The number of anilines is 1. The Hall–Kier alpha value is -3.47. The minimum atomic E-state index is -4.09. The summed E-state index contributed by atoms with van der Waals surface area (Å²) in [6.45, 7) is 1.53. The van der Waals surface area contributed by atoms with Gasteiger partial charge in [-0.1, -0.05) is 6.07 Å². The van der Waals surface area contributed by atoms with Crippen molar-refractivity contribution in [2.75, 3.05) is 11.8 Å². The lowest BCUT2D eigenvalue weighted by molar-refractivity contribution is -0.385. The maximum atomic E-state index is 12.7. The smallest absolute Gasteiger partial charge is 0.359 e. The van der Waals surface area contributed by atoms with Gasteiger partial charge >= 0.3 is 5.97 Å². The molecule has 3 rings (SSSR count). The van der Waals surface area contributed by atoms with E-state index in [2.05, 4.69) is 19.7 Å². The molecule has 1 heterocycles. The number of aryl methyl sites for hydroxylation is 1. The number of nitrogens with one attached hydrogen (secondary N) is 2. The van der Waals surface area contributed by atoms with Gasteiger partial charge < -0.3 is 4.74 Å². The van der Waals surface area contributed by atoms with Crippen LogP contribution in [0.3, 0.4) is 0 Å². The zero-order valence-electron chi connectivity index (χ0n) is 14.2. The van der Waals surface area contributed by atoms with Crippen molar-refractivity contribution >= 4 is 38.3 Å². The van der Waals surface area contributed by atoms with Crippen LogP contribution in [0.4, 0.5) is 11.4 Å². The molecule has 0 amide bonds. The van der Waals surface area contributed by atoms with Crippen LogP contribution in [0.25, 0.3) is 10.9 Å². The Balaban J connectivity index is 2.02. The number of esters is 1. The van der Waals surface area contributed by atoms with Crippen LogP contribution in [0.5, 0.6) is 0 Å². The van der Waals surface area contributed by atoms with Crippen LogP contribution in [-0.2, 0) is 14.8 Å². The van der Waals surface area contributed by atoms with Gasteiger partial charge in [-0.25, -0.2) is 13.2 Å². The van der Waals surface area contributed by atoms with E-state index in [0.717, 1.165) is 6.07 Å². The first kappa shape index (κ1) is 18.3. The van der Waals surface area contributed by atoms with Gasteiger partial charge in [-0.05, 0) is 30.7 Å². The summed E-state index contributed by atoms with van der Waals surface area (Å²) in [4.78, 5) is 21.8. The number of non-ortho nitro benzene ring substituents is 1. The number of benzene rings is 2. The Labute approximate surface area is 153 Å². The van der Waals surface area contributed by atoms with Crippen molar-refractivity contribution in [1.29, 1.82) is 0 Å². The highest BCUT2D eigenvalue weighted by Gasteiger charge is 2.22. The molecule has 27 heavy (non-hydrogen) atoms. The normalized spacial score (nSPS) is 11.3. The third kappa shape index (κ3) is 3.44. The van der Waals surface area contributed by atoms with Crippen LogP contribution in [0.15, 0.2) is 41.3 Å². The zero-order chi connectivity index (χ0) is 19.8. The first-order valence-corrected chi connectivity index (χ1v) is 9.05. The van der Waals surface area contributed by atoms with Crippen LogP contribution >= 0.6 is 0 Å². The number of aromatic nitrogens is 2. The number of fused-ring (bicyclic) bond motifs is 1. The predicted octanol–water partition coefficient (Wildman–Crippen LogP) is 2.37. The highest BCUT2D eigenvalue weighted by atomic mass is 32.2. The quantitative estimate of drug-likeness (QED) is 0.386. The van der Waals surface area contributed by atoms with Gasteiger partial charge in [0.15, 0.2) is 5.69 Å². The van der Waals surface area contributed by atoms with Crippen molar-refractivity contribution < 1.29 is 22.9 Å². The topological polar surface area (TPSA) is 144 Å². The van der Waals surface area contributed by atoms with Crippen molar-refractivity contribution in [1.82, 2.24) is 10.2 Å². The van der Waals surface area contributed by atoms with E-state index in [0.29, 0.717) is 16.5 Å². The van der Waals surface area contributed by atoms with Crippen molar-refractivity contribution in [3.05, 3.63) is 57.8 Å². The number of methoxy groups -OCH3 is 1. The number of hydrogen-bond acceptors (Lipinski definition) is 7. The number of aromatic amines is 1. The van der Waals surface area contributed by atoms with Gasteiger partial charge in [-0.15, -0.1) is 0 Å². The van der Waals surface area contributed by atoms with Gasteiger partial charge in [0.05, 0.1) is 22.4 Å². The minimum absolute atomic E-state index is 0.0140. The van der Waals surface area contributed by atoms with Gasteiger partial charge in [0.25, 0.3) is 15.7 Å². The fraction of sp³-hybridized carbons (Fsp3) is 0.125. The molecule has 11 heteroatoms. The number of nitrogens with zero attached hydrogens (tertiary/aromatic N) is 2. The Morgan fingerprint density at radius 3 is 2.67 bits per heavy atom. The number of carbonyl (C=O) groups excluding carboxylic acids is 1. The number of carbonyl (C=O) groups is 1. The second-order valence-electron chi connectivity index (χ2n) is 5.64. The highest BCUT2D eigenvalue weighted by Crippen LogP contribution is 2.26. The molecule has 0 radical (unpaired) electrons. The first-order valence-electron chi connectivity index (χ1n) is 7.57. The Kier molecular flexibility index (Phi) is 4.54. The van der Waals surface area contributed by atoms with E-state index in [1.165, 1.54) is 38.3 Å². The zero-order valence-corrected chi connectivity index (χ0v) is 15.0. The van der Waals surface area contributed by atoms with E-state index >= 15 is 0 Å². The number of ether oxygens (including phenoxy) is 1. The molecule has 10 nitrogen and oxygen atoms in total. The van der Waals surface area contributed by atoms with Gasteiger partial charge in [-0.2, -0.15) is 5.10 Å². The largest absolute Gasteiger partial charge is 0.464 e. The van der Waals surface area contributed by atoms with Crippen LogP contribution in [0.1, 0.15) is 16.1 Å². The molecule has 0 aliphatic heterocycles. The second-order valence-corrected chi connectivity index (χ2v) is 7.29. The Morgan fingerprint density at radius 2 is 2.00 bits per heavy atom. The second kappa shape index (κ2) is 6.68. The summed E-state index contributed by atoms with van der Waals surface area (Å²) in [5.41, 5.74) is 0.719. The van der Waals surface area contributed by atoms with Crippen molar-refractivity contribution in [3.63, 3.8) is 0 Å². The molecule has 0 aliphatic carbocycles. The summed E-state index contributed by atoms with van der Waals surface area (Å²) in [6.07, 6.45) is 0. The average Bonchev–Trinajstić information content (AvgIpc) is 3.03. The third-order valence-electron chi connectivity index (χ3n) is 3.87. The lowest BCUT2D eigenvalue weighted by atomic mass is 10.2. The maximum Gasteiger partial charge on any atom is 0.359 e. The summed E-state index contributed by atoms with van der Waals surface area (Å²) >= 11 is 0. The minimum Gasteiger partial charge on any atom is -0.464 e. The third-order valence-corrected chi connectivity index (χ3v) is 5.39. The van der Waals surface area contributed by atoms with Crippen LogP contribution in [0.2, 0.25) is 0 Å². The molecule has 1 aromatic heterocycles. The number of rotatable bonds is 5. The summed E-state index contributed by atoms with van der Waals surface area (Å²) in [5.74, 6) is -0.671. The fourth-order valence-electron chi connectivity index (χ4n) is 2.53. The van der Waals surface area contributed by atoms with E-state index in [9.17, 15) is 23.3 Å². The molecule has 2 N–H and O–H groups in total. The standard InChI is InChI=1S/C16H14N4O6S/c1-9-3-5-11(20(22)23)8-14(9)27(24,25)19-10-4-6-13-12(7-10)15(18-17-13)16(21)26-2/h3-8,19H,1-2H3,(H,17,18). The lowest BCUT2D eigenvalue weighted by Crippen LogP contribution is -2.14. The van der Waals surface area contributed by atoms with Crippen molar-refractivity contribution in [2.45, 2.75) is 11.8 Å². The summed E-state index contributed by atoms with van der Waals surface area (Å²) < 4.78 is 32.4. The summed E-state index contributed by atoms with van der Waals surface area (Å²) in [6, 6.07) is 8.04. The lowest BCUT2D eigenvalue weighted by Gasteiger charge is -2.10. The molecular weight excluding hydrogens is 376 g/mol. The number of hydrogen-bond donors (Lipinski definition) is 2. The molecule has 0 aliphatic rings. The molecule has 0 fully saturated rings. The van der Waals surface area contributed by atoms with E-state index in [1.807, 2.05) is 0 Å². The van der Waals surface area contributed by atoms with Crippen molar-refractivity contribution in [3.8, 4) is 0 Å². The molecular formula is C16H14N4O6S. The first-order chi connectivity index (χ1) is 12.7. The molecule has 0 saturated heterocycles. The van der Waals surface area contributed by atoms with Crippen LogP contribution in [-0.4, -0.2) is 36.6 Å². The van der Waals surface area contributed by atoms with E-state index in [4.69, 9.17) is 0 Å². The highest BCUT2D eigenvalue weighted by molar-refractivity contribution is 7.92. The van der Waals surface area contributed by atoms with E-state index < -0.39 is 20.9 Å². The summed E-state index contributed by atoms with van der Waals surface area (Å²) in [5, 5.41) is 17.8. The van der Waals surface area contributed by atoms with Gasteiger partial charge in [0.1, 0.15) is 0 Å². The molecule has 3 aromatic rings. The van der Waals surface area contributed by atoms with Gasteiger partial charge in [0.2, 0.25) is 0 Å². The molecule has 0 bridgehead atoms. The fourth-order valence-corrected chi connectivity index (χ4v) is 3.85. The van der Waals surface area contributed by atoms with E-state index in [-0.39, 0.29) is 22.0 Å². The van der Waals surface area contributed by atoms with Gasteiger partial charge in [0, 0.05) is 23.2 Å². The van der Waals surface area contributed by atoms with E-state index in [1.54, 1.807) is 6.07 Å². The Morgan fingerprint density at radius 1 is 1.26 bits per heavy atom. The maximum absolute atomic E-state index is 12.7. The van der Waals surface area contributed by atoms with Gasteiger partial charge in [-0.3, -0.25) is 19.9 Å². The molecule has 0 atom stereocenters. The number of sulfonamides is 1. The monoisotopic (exact) mass is 390 g/mol. The molecule has 2 aromatic carbocycles. The number of H-pyrrole nitrogens is 1. The van der Waals surface area contributed by atoms with Crippen molar-refractivity contribution in [2.24, 2.45) is 0 Å². The average molecular weight is 390 g/mol. The number of nitro benzene ring substituents is 1. The predicted molar refractivity (Wildman–Crippen MR) is 96.1 cm³/mol. The summed E-state index contributed by atoms with van der Waals surface area (Å²) in [7, 11) is -2.88. The molecule has 140 valence electrons. The number of nitro groups is 1.